The van der Waals surface area contributed by atoms with Gasteiger partial charge in [0, 0.05) is 24.8 Å². The molecule has 0 aromatic carbocycles. The monoisotopic (exact) mass is 254 g/mol. The predicted molar refractivity (Wildman–Crippen MR) is 76.0 cm³/mol. The Morgan fingerprint density at radius 1 is 1.17 bits per heavy atom. The van der Waals surface area contributed by atoms with E-state index in [9.17, 15) is 0 Å². The van der Waals surface area contributed by atoms with Crippen molar-refractivity contribution in [1.82, 2.24) is 10.2 Å². The smallest absolute Gasteiger partial charge is 0.0480 e. The van der Waals surface area contributed by atoms with E-state index in [2.05, 4.69) is 24.3 Å². The minimum Gasteiger partial charge on any atom is -0.381 e. The lowest BCUT2D eigenvalue weighted by Gasteiger charge is -2.40. The molecule has 0 radical (unpaired) electrons. The fraction of sp³-hybridized carbons (Fsp3) is 1.00. The Bertz CT molecular complexity index is 233. The Morgan fingerprint density at radius 2 is 1.83 bits per heavy atom. The molecule has 0 aromatic heterocycles. The van der Waals surface area contributed by atoms with Gasteiger partial charge in [-0.05, 0) is 52.7 Å². The van der Waals surface area contributed by atoms with Crippen LogP contribution in [0.4, 0.5) is 0 Å². The molecule has 3 heteroatoms. The number of nitrogens with zero attached hydrogens (tertiary/aromatic N) is 1. The summed E-state index contributed by atoms with van der Waals surface area (Å²) in [4.78, 5) is 2.57. The SMILES string of the molecule is CNC1(CCN(C)C2CCOCC2)CCCCC1. The first-order valence-corrected chi connectivity index (χ1v) is 7.73. The molecule has 2 aliphatic rings. The number of hydrogen-bond acceptors (Lipinski definition) is 3. The molecule has 18 heavy (non-hydrogen) atoms. The maximum absolute atomic E-state index is 5.45. The number of hydrogen-bond donors (Lipinski definition) is 1. The second kappa shape index (κ2) is 6.88. The Kier molecular flexibility index (Phi) is 5.46. The molecule has 1 saturated carbocycles. The normalized spacial score (nSPS) is 25.5. The quantitative estimate of drug-likeness (QED) is 0.815. The topological polar surface area (TPSA) is 24.5 Å². The zero-order valence-electron chi connectivity index (χ0n) is 12.2. The van der Waals surface area contributed by atoms with E-state index in [4.69, 9.17) is 4.74 Å². The summed E-state index contributed by atoms with van der Waals surface area (Å²) in [6.45, 7) is 3.13. The highest BCUT2D eigenvalue weighted by molar-refractivity contribution is 4.90. The van der Waals surface area contributed by atoms with Gasteiger partial charge in [-0.1, -0.05) is 19.3 Å². The Hall–Kier alpha value is -0.120. The van der Waals surface area contributed by atoms with Crippen LogP contribution in [0.1, 0.15) is 51.4 Å². The van der Waals surface area contributed by atoms with Crippen LogP contribution in [0.25, 0.3) is 0 Å². The van der Waals surface area contributed by atoms with Gasteiger partial charge >= 0.3 is 0 Å². The Morgan fingerprint density at radius 3 is 2.44 bits per heavy atom. The van der Waals surface area contributed by atoms with Crippen molar-refractivity contribution in [2.24, 2.45) is 0 Å². The van der Waals surface area contributed by atoms with Gasteiger partial charge < -0.3 is 15.0 Å². The van der Waals surface area contributed by atoms with Crippen LogP contribution in [0, 0.1) is 0 Å². The zero-order chi connectivity index (χ0) is 12.8. The average Bonchev–Trinajstić information content (AvgIpc) is 2.47. The molecule has 3 nitrogen and oxygen atoms in total. The third-order valence-corrected chi connectivity index (χ3v) is 5.10. The van der Waals surface area contributed by atoms with E-state index in [-0.39, 0.29) is 0 Å². The van der Waals surface area contributed by atoms with Crippen LogP contribution in [0.5, 0.6) is 0 Å². The molecule has 1 heterocycles. The summed E-state index contributed by atoms with van der Waals surface area (Å²) < 4.78 is 5.45. The molecular weight excluding hydrogens is 224 g/mol. The van der Waals surface area contributed by atoms with Gasteiger partial charge in [-0.25, -0.2) is 0 Å². The van der Waals surface area contributed by atoms with Gasteiger partial charge in [-0.15, -0.1) is 0 Å². The highest BCUT2D eigenvalue weighted by Crippen LogP contribution is 2.31. The molecule has 0 spiro atoms. The highest BCUT2D eigenvalue weighted by Gasteiger charge is 2.30. The van der Waals surface area contributed by atoms with E-state index in [0.29, 0.717) is 5.54 Å². The summed E-state index contributed by atoms with van der Waals surface area (Å²) in [6.07, 6.45) is 10.7. The molecular formula is C15H30N2O. The molecule has 0 bridgehead atoms. The van der Waals surface area contributed by atoms with E-state index in [1.807, 2.05) is 0 Å². The minimum absolute atomic E-state index is 0.428. The molecule has 1 aliphatic carbocycles. The van der Waals surface area contributed by atoms with Crippen molar-refractivity contribution < 1.29 is 4.74 Å². The van der Waals surface area contributed by atoms with Crippen LogP contribution < -0.4 is 5.32 Å². The molecule has 1 aliphatic heterocycles. The molecule has 1 saturated heterocycles. The lowest BCUT2D eigenvalue weighted by molar-refractivity contribution is 0.0390. The summed E-state index contributed by atoms with van der Waals surface area (Å²) in [6, 6.07) is 0.747. The van der Waals surface area contributed by atoms with Crippen molar-refractivity contribution in [3.05, 3.63) is 0 Å². The van der Waals surface area contributed by atoms with Crippen molar-refractivity contribution in [3.63, 3.8) is 0 Å². The minimum atomic E-state index is 0.428. The van der Waals surface area contributed by atoms with Crippen molar-refractivity contribution in [3.8, 4) is 0 Å². The molecule has 106 valence electrons. The number of ether oxygens (including phenoxy) is 1. The first-order valence-electron chi connectivity index (χ1n) is 7.73. The fourth-order valence-corrected chi connectivity index (χ4v) is 3.55. The summed E-state index contributed by atoms with van der Waals surface area (Å²) >= 11 is 0. The van der Waals surface area contributed by atoms with E-state index in [1.54, 1.807) is 0 Å². The van der Waals surface area contributed by atoms with Gasteiger partial charge in [0.2, 0.25) is 0 Å². The second-order valence-electron chi connectivity index (χ2n) is 6.17. The summed E-state index contributed by atoms with van der Waals surface area (Å²) in [5.41, 5.74) is 0.428. The largest absolute Gasteiger partial charge is 0.381 e. The van der Waals surface area contributed by atoms with Gasteiger partial charge in [0.15, 0.2) is 0 Å². The molecule has 0 unspecified atom stereocenters. The molecule has 0 atom stereocenters. The maximum Gasteiger partial charge on any atom is 0.0480 e. The van der Waals surface area contributed by atoms with Crippen molar-refractivity contribution in [2.75, 3.05) is 33.9 Å². The number of nitrogens with one attached hydrogen (secondary N) is 1. The van der Waals surface area contributed by atoms with Gasteiger partial charge in [0.05, 0.1) is 0 Å². The molecule has 2 rings (SSSR count). The third-order valence-electron chi connectivity index (χ3n) is 5.10. The number of rotatable bonds is 5. The van der Waals surface area contributed by atoms with Crippen LogP contribution in [-0.2, 0) is 4.74 Å². The third kappa shape index (κ3) is 3.69. The van der Waals surface area contributed by atoms with Gasteiger partial charge in [0.25, 0.3) is 0 Å². The standard InChI is InChI=1S/C15H30N2O/c1-16-15(8-4-3-5-9-15)10-11-17(2)14-6-12-18-13-7-14/h14,16H,3-13H2,1-2H3. The van der Waals surface area contributed by atoms with Crippen LogP contribution in [-0.4, -0.2) is 50.3 Å². The lowest BCUT2D eigenvalue weighted by atomic mass is 9.79. The summed E-state index contributed by atoms with van der Waals surface area (Å²) in [5.74, 6) is 0. The lowest BCUT2D eigenvalue weighted by Crippen LogP contribution is -2.48. The van der Waals surface area contributed by atoms with Crippen molar-refractivity contribution in [1.29, 1.82) is 0 Å². The zero-order valence-corrected chi connectivity index (χ0v) is 12.2. The second-order valence-corrected chi connectivity index (χ2v) is 6.17. The maximum atomic E-state index is 5.45. The van der Waals surface area contributed by atoms with E-state index < -0.39 is 0 Å². The van der Waals surface area contributed by atoms with Crippen molar-refractivity contribution in [2.45, 2.75) is 62.9 Å². The van der Waals surface area contributed by atoms with E-state index >= 15 is 0 Å². The van der Waals surface area contributed by atoms with Gasteiger partial charge in [-0.2, -0.15) is 0 Å². The fourth-order valence-electron chi connectivity index (χ4n) is 3.55. The molecule has 2 fully saturated rings. The van der Waals surface area contributed by atoms with Crippen LogP contribution in [0.3, 0.4) is 0 Å². The first kappa shape index (κ1) is 14.3. The molecule has 0 aromatic rings. The van der Waals surface area contributed by atoms with E-state index in [1.165, 1.54) is 57.9 Å². The Balaban J connectivity index is 1.77. The van der Waals surface area contributed by atoms with Crippen LogP contribution in [0.2, 0.25) is 0 Å². The van der Waals surface area contributed by atoms with E-state index in [0.717, 1.165) is 19.3 Å². The van der Waals surface area contributed by atoms with Gasteiger partial charge in [-0.3, -0.25) is 0 Å². The summed E-state index contributed by atoms with van der Waals surface area (Å²) in [5, 5.41) is 3.62. The molecule has 1 N–H and O–H groups in total. The van der Waals surface area contributed by atoms with Gasteiger partial charge in [0.1, 0.15) is 0 Å². The van der Waals surface area contributed by atoms with Crippen LogP contribution >= 0.6 is 0 Å². The predicted octanol–water partition coefficient (Wildman–Crippen LogP) is 2.41. The van der Waals surface area contributed by atoms with Crippen LogP contribution in [0.15, 0.2) is 0 Å². The first-order chi connectivity index (χ1) is 8.76. The average molecular weight is 254 g/mol. The van der Waals surface area contributed by atoms with Crippen molar-refractivity contribution >= 4 is 0 Å². The highest BCUT2D eigenvalue weighted by atomic mass is 16.5. The molecule has 0 amide bonds. The Labute approximate surface area is 112 Å². The summed E-state index contributed by atoms with van der Waals surface area (Å²) in [7, 11) is 4.45.